The standard InChI is InChI=1S/C14H10F2N4O3/c15-9-4-8(20(22)23)5-10(16)13(9)17-6-7-1-2-11-12(3-7)19-14(21)18-11/h1-5,17H,6H2,(H2,18,19,21). The van der Waals surface area contributed by atoms with Crippen LogP contribution in [0, 0.1) is 21.7 Å². The van der Waals surface area contributed by atoms with E-state index in [2.05, 4.69) is 15.3 Å². The number of nitro benzene ring substituents is 1. The minimum Gasteiger partial charge on any atom is -0.376 e. The second-order valence-electron chi connectivity index (χ2n) is 4.85. The molecule has 0 amide bonds. The van der Waals surface area contributed by atoms with Crippen LogP contribution in [0.4, 0.5) is 20.2 Å². The third-order valence-electron chi connectivity index (χ3n) is 3.29. The van der Waals surface area contributed by atoms with E-state index in [0.29, 0.717) is 28.7 Å². The average molecular weight is 320 g/mol. The van der Waals surface area contributed by atoms with Crippen molar-refractivity contribution in [2.24, 2.45) is 0 Å². The summed E-state index contributed by atoms with van der Waals surface area (Å²) >= 11 is 0. The maximum absolute atomic E-state index is 13.8. The lowest BCUT2D eigenvalue weighted by Crippen LogP contribution is -2.05. The molecule has 3 rings (SSSR count). The fraction of sp³-hybridized carbons (Fsp3) is 0.0714. The molecule has 1 heterocycles. The van der Waals surface area contributed by atoms with Crippen LogP contribution in [0.1, 0.15) is 5.56 Å². The Bertz CT molecular complexity index is 941. The molecule has 0 radical (unpaired) electrons. The van der Waals surface area contributed by atoms with Crippen molar-refractivity contribution in [1.29, 1.82) is 0 Å². The molecule has 2 aromatic carbocycles. The van der Waals surface area contributed by atoms with Crippen LogP contribution < -0.4 is 11.0 Å². The topological polar surface area (TPSA) is 104 Å². The number of halogens is 2. The summed E-state index contributed by atoms with van der Waals surface area (Å²) in [5, 5.41) is 13.1. The molecule has 0 saturated carbocycles. The van der Waals surface area contributed by atoms with Crippen LogP contribution in [0.15, 0.2) is 35.1 Å². The fourth-order valence-electron chi connectivity index (χ4n) is 2.21. The van der Waals surface area contributed by atoms with Gasteiger partial charge in [0.1, 0.15) is 5.69 Å². The highest BCUT2D eigenvalue weighted by atomic mass is 19.1. The van der Waals surface area contributed by atoms with E-state index >= 15 is 0 Å². The van der Waals surface area contributed by atoms with E-state index in [0.717, 1.165) is 0 Å². The van der Waals surface area contributed by atoms with Crippen LogP contribution in [0.3, 0.4) is 0 Å². The number of nitrogens with one attached hydrogen (secondary N) is 3. The van der Waals surface area contributed by atoms with Gasteiger partial charge in [-0.3, -0.25) is 10.1 Å². The molecule has 0 aliphatic rings. The first-order chi connectivity index (χ1) is 10.9. The van der Waals surface area contributed by atoms with E-state index in [1.165, 1.54) is 0 Å². The molecule has 3 N–H and O–H groups in total. The lowest BCUT2D eigenvalue weighted by atomic mass is 10.2. The van der Waals surface area contributed by atoms with E-state index in [4.69, 9.17) is 0 Å². The number of rotatable bonds is 4. The number of hydrogen-bond donors (Lipinski definition) is 3. The molecule has 0 aliphatic heterocycles. The number of nitro groups is 1. The van der Waals surface area contributed by atoms with Gasteiger partial charge in [-0.05, 0) is 17.7 Å². The second-order valence-corrected chi connectivity index (χ2v) is 4.85. The molecule has 0 unspecified atom stereocenters. The van der Waals surface area contributed by atoms with Gasteiger partial charge in [-0.15, -0.1) is 0 Å². The first kappa shape index (κ1) is 14.7. The molecular formula is C14H10F2N4O3. The number of benzene rings is 2. The number of nitrogens with zero attached hydrogens (tertiary/aromatic N) is 1. The Hall–Kier alpha value is -3.23. The van der Waals surface area contributed by atoms with E-state index < -0.39 is 27.9 Å². The molecule has 0 spiro atoms. The highest BCUT2D eigenvalue weighted by molar-refractivity contribution is 5.75. The molecule has 3 aromatic rings. The molecule has 0 saturated heterocycles. The minimum atomic E-state index is -1.05. The first-order valence-corrected chi connectivity index (χ1v) is 6.52. The van der Waals surface area contributed by atoms with Crippen molar-refractivity contribution in [3.63, 3.8) is 0 Å². The second kappa shape index (κ2) is 5.52. The third-order valence-corrected chi connectivity index (χ3v) is 3.29. The number of aromatic amines is 2. The summed E-state index contributed by atoms with van der Waals surface area (Å²) in [6, 6.07) is 6.30. The Kier molecular flexibility index (Phi) is 3.53. The Labute approximate surface area is 127 Å². The predicted octanol–water partition coefficient (Wildman–Crippen LogP) is 2.65. The van der Waals surface area contributed by atoms with Crippen LogP contribution in [0.2, 0.25) is 0 Å². The Morgan fingerprint density at radius 3 is 2.39 bits per heavy atom. The van der Waals surface area contributed by atoms with Crippen molar-refractivity contribution in [2.75, 3.05) is 5.32 Å². The van der Waals surface area contributed by atoms with Crippen LogP contribution in [-0.2, 0) is 6.54 Å². The van der Waals surface area contributed by atoms with Crippen LogP contribution in [-0.4, -0.2) is 14.9 Å². The summed E-state index contributed by atoms with van der Waals surface area (Å²) in [5.74, 6) is -2.10. The largest absolute Gasteiger partial charge is 0.376 e. The number of anilines is 1. The summed E-state index contributed by atoms with van der Waals surface area (Å²) in [7, 11) is 0. The normalized spacial score (nSPS) is 10.9. The molecular weight excluding hydrogens is 310 g/mol. The molecule has 23 heavy (non-hydrogen) atoms. The lowest BCUT2D eigenvalue weighted by molar-refractivity contribution is -0.385. The third kappa shape index (κ3) is 2.89. The molecule has 7 nitrogen and oxygen atoms in total. The van der Waals surface area contributed by atoms with Gasteiger partial charge in [0.25, 0.3) is 5.69 Å². The maximum atomic E-state index is 13.8. The van der Waals surface area contributed by atoms with Crippen molar-refractivity contribution in [3.05, 3.63) is 68.1 Å². The number of imidazole rings is 1. The average Bonchev–Trinajstić information content (AvgIpc) is 2.85. The highest BCUT2D eigenvalue weighted by Gasteiger charge is 2.16. The van der Waals surface area contributed by atoms with Crippen molar-refractivity contribution in [3.8, 4) is 0 Å². The molecule has 9 heteroatoms. The molecule has 118 valence electrons. The Morgan fingerprint density at radius 1 is 1.09 bits per heavy atom. The van der Waals surface area contributed by atoms with Crippen LogP contribution >= 0.6 is 0 Å². The molecule has 0 atom stereocenters. The highest BCUT2D eigenvalue weighted by Crippen LogP contribution is 2.25. The summed E-state index contributed by atoms with van der Waals surface area (Å²) < 4.78 is 27.5. The zero-order valence-electron chi connectivity index (χ0n) is 11.5. The van der Waals surface area contributed by atoms with Gasteiger partial charge in [0.05, 0.1) is 28.1 Å². The minimum absolute atomic E-state index is 0.0782. The van der Waals surface area contributed by atoms with Gasteiger partial charge in [0.15, 0.2) is 11.6 Å². The van der Waals surface area contributed by atoms with E-state index in [1.807, 2.05) is 0 Å². The van der Waals surface area contributed by atoms with Gasteiger partial charge >= 0.3 is 5.69 Å². The van der Waals surface area contributed by atoms with Crippen LogP contribution in [0.25, 0.3) is 11.0 Å². The van der Waals surface area contributed by atoms with Gasteiger partial charge in [0, 0.05) is 6.54 Å². The van der Waals surface area contributed by atoms with Crippen molar-refractivity contribution in [1.82, 2.24) is 9.97 Å². The monoisotopic (exact) mass is 320 g/mol. The summed E-state index contributed by atoms with van der Waals surface area (Å²) in [6.07, 6.45) is 0. The van der Waals surface area contributed by atoms with Crippen molar-refractivity contribution >= 4 is 22.4 Å². The van der Waals surface area contributed by atoms with Gasteiger partial charge < -0.3 is 15.3 Å². The summed E-state index contributed by atoms with van der Waals surface area (Å²) in [6.45, 7) is 0.0782. The number of H-pyrrole nitrogens is 2. The Balaban J connectivity index is 1.84. The van der Waals surface area contributed by atoms with Crippen molar-refractivity contribution in [2.45, 2.75) is 6.54 Å². The number of aromatic nitrogens is 2. The smallest absolute Gasteiger partial charge is 0.323 e. The Morgan fingerprint density at radius 2 is 1.74 bits per heavy atom. The molecule has 0 aliphatic carbocycles. The van der Waals surface area contributed by atoms with E-state index in [9.17, 15) is 23.7 Å². The maximum Gasteiger partial charge on any atom is 0.323 e. The van der Waals surface area contributed by atoms with Crippen LogP contribution in [0.5, 0.6) is 0 Å². The summed E-state index contributed by atoms with van der Waals surface area (Å²) in [4.78, 5) is 26.0. The summed E-state index contributed by atoms with van der Waals surface area (Å²) in [5.41, 5.74) is 0.406. The van der Waals surface area contributed by atoms with E-state index in [1.54, 1.807) is 18.2 Å². The van der Waals surface area contributed by atoms with Gasteiger partial charge in [0.2, 0.25) is 0 Å². The molecule has 0 fully saturated rings. The van der Waals surface area contributed by atoms with Gasteiger partial charge in [-0.25, -0.2) is 13.6 Å². The quantitative estimate of drug-likeness (QED) is 0.508. The van der Waals surface area contributed by atoms with Crippen molar-refractivity contribution < 1.29 is 13.7 Å². The predicted molar refractivity (Wildman–Crippen MR) is 79.3 cm³/mol. The van der Waals surface area contributed by atoms with Gasteiger partial charge in [-0.2, -0.15) is 0 Å². The zero-order chi connectivity index (χ0) is 16.6. The lowest BCUT2D eigenvalue weighted by Gasteiger charge is -2.09. The molecule has 0 bridgehead atoms. The molecule has 1 aromatic heterocycles. The number of hydrogen-bond acceptors (Lipinski definition) is 4. The fourth-order valence-corrected chi connectivity index (χ4v) is 2.21. The first-order valence-electron chi connectivity index (χ1n) is 6.52. The SMILES string of the molecule is O=c1[nH]c2ccc(CNc3c(F)cc([N+](=O)[O-])cc3F)cc2[nH]1. The number of fused-ring (bicyclic) bond motifs is 1. The zero-order valence-corrected chi connectivity index (χ0v) is 11.5. The van der Waals surface area contributed by atoms with Gasteiger partial charge in [-0.1, -0.05) is 6.07 Å². The number of non-ortho nitro benzene ring substituents is 1. The van der Waals surface area contributed by atoms with E-state index in [-0.39, 0.29) is 12.2 Å².